The van der Waals surface area contributed by atoms with Crippen LogP contribution in [0.1, 0.15) is 25.3 Å². The Hall–Kier alpha value is -1.51. The van der Waals surface area contributed by atoms with Crippen LogP contribution < -0.4 is 0 Å². The number of hydrogen-bond acceptors (Lipinski definition) is 3. The van der Waals surface area contributed by atoms with Crippen LogP contribution in [0.3, 0.4) is 0 Å². The van der Waals surface area contributed by atoms with E-state index in [2.05, 4.69) is 12.0 Å². The van der Waals surface area contributed by atoms with Crippen LogP contribution in [-0.2, 0) is 14.8 Å². The van der Waals surface area contributed by atoms with Gasteiger partial charge in [-0.25, -0.2) is 8.42 Å². The van der Waals surface area contributed by atoms with E-state index in [-0.39, 0.29) is 4.90 Å². The molecule has 102 valence electrons. The highest BCUT2D eigenvalue weighted by atomic mass is 32.2. The second-order valence-corrected chi connectivity index (χ2v) is 6.26. The number of aryl methyl sites for hydroxylation is 1. The third-order valence-electron chi connectivity index (χ3n) is 2.97. The molecule has 0 spiro atoms. The largest absolute Gasteiger partial charge is 0.357 e. The number of benzene rings is 1. The van der Waals surface area contributed by atoms with Crippen molar-refractivity contribution >= 4 is 10.0 Å². The van der Waals surface area contributed by atoms with E-state index < -0.39 is 16.3 Å². The van der Waals surface area contributed by atoms with Crippen LogP contribution in [0, 0.1) is 18.9 Å². The minimum atomic E-state index is -3.63. The highest BCUT2D eigenvalue weighted by molar-refractivity contribution is 7.89. The molecule has 0 aliphatic carbocycles. The van der Waals surface area contributed by atoms with Gasteiger partial charge in [0.1, 0.15) is 0 Å². The standard InChI is InChI=1S/C14H17NO3S/c1-3-10-15(14-5-4-11-18-14)19(16,17)13-8-6-12(2)7-9-13/h6-9,14H,4-5,11H2,1-2H3. The Kier molecular flexibility index (Phi) is 4.13. The van der Waals surface area contributed by atoms with E-state index in [1.165, 1.54) is 0 Å². The molecule has 19 heavy (non-hydrogen) atoms. The fourth-order valence-electron chi connectivity index (χ4n) is 1.97. The summed E-state index contributed by atoms with van der Waals surface area (Å²) in [5.74, 6) is 2.65. The van der Waals surface area contributed by atoms with E-state index in [4.69, 9.17) is 4.74 Å². The van der Waals surface area contributed by atoms with Gasteiger partial charge in [0.25, 0.3) is 10.0 Å². The van der Waals surface area contributed by atoms with Crippen molar-refractivity contribution in [3.8, 4) is 12.0 Å². The molecule has 1 unspecified atom stereocenters. The maximum atomic E-state index is 12.6. The lowest BCUT2D eigenvalue weighted by Crippen LogP contribution is -2.36. The highest BCUT2D eigenvalue weighted by Crippen LogP contribution is 2.24. The maximum Gasteiger partial charge on any atom is 0.273 e. The quantitative estimate of drug-likeness (QED) is 0.629. The number of ether oxygens (including phenoxy) is 1. The third kappa shape index (κ3) is 2.91. The van der Waals surface area contributed by atoms with Gasteiger partial charge in [0.05, 0.1) is 4.90 Å². The van der Waals surface area contributed by atoms with E-state index in [1.54, 1.807) is 31.2 Å². The fraction of sp³-hybridized carbons (Fsp3) is 0.429. The maximum absolute atomic E-state index is 12.6. The summed E-state index contributed by atoms with van der Waals surface area (Å²) in [6.45, 7) is 4.11. The smallest absolute Gasteiger partial charge is 0.273 e. The molecule has 2 rings (SSSR count). The second-order valence-electron chi connectivity index (χ2n) is 4.44. The van der Waals surface area contributed by atoms with E-state index in [0.29, 0.717) is 13.0 Å². The molecule has 0 radical (unpaired) electrons. The first-order valence-electron chi connectivity index (χ1n) is 6.21. The van der Waals surface area contributed by atoms with E-state index in [0.717, 1.165) is 16.3 Å². The van der Waals surface area contributed by atoms with Crippen LogP contribution in [0.25, 0.3) is 0 Å². The van der Waals surface area contributed by atoms with Crippen molar-refractivity contribution in [1.29, 1.82) is 0 Å². The summed E-state index contributed by atoms with van der Waals surface area (Å²) < 4.78 is 31.7. The Labute approximate surface area is 114 Å². The minimum absolute atomic E-state index is 0.247. The van der Waals surface area contributed by atoms with Crippen LogP contribution in [0.2, 0.25) is 0 Å². The third-order valence-corrected chi connectivity index (χ3v) is 4.68. The summed E-state index contributed by atoms with van der Waals surface area (Å²) in [5, 5.41) is 0. The lowest BCUT2D eigenvalue weighted by molar-refractivity contribution is 0.0527. The molecule has 0 aromatic heterocycles. The Bertz CT molecular complexity index is 590. The van der Waals surface area contributed by atoms with Crippen LogP contribution in [-0.4, -0.2) is 25.6 Å². The van der Waals surface area contributed by atoms with Gasteiger partial charge in [-0.3, -0.25) is 0 Å². The van der Waals surface area contributed by atoms with Gasteiger partial charge in [0.2, 0.25) is 0 Å². The molecule has 5 heteroatoms. The monoisotopic (exact) mass is 279 g/mol. The van der Waals surface area contributed by atoms with Crippen molar-refractivity contribution in [2.24, 2.45) is 0 Å². The van der Waals surface area contributed by atoms with E-state index >= 15 is 0 Å². The molecule has 1 aromatic carbocycles. The number of hydrogen-bond donors (Lipinski definition) is 0. The molecule has 1 aromatic rings. The first-order chi connectivity index (χ1) is 9.05. The van der Waals surface area contributed by atoms with E-state index in [1.807, 2.05) is 6.92 Å². The Balaban J connectivity index is 2.38. The topological polar surface area (TPSA) is 46.6 Å². The molecule has 0 bridgehead atoms. The average molecular weight is 279 g/mol. The Morgan fingerprint density at radius 1 is 1.32 bits per heavy atom. The molecule has 0 amide bonds. The molecule has 1 aliphatic heterocycles. The van der Waals surface area contributed by atoms with Gasteiger partial charge in [-0.1, -0.05) is 23.6 Å². The molecular formula is C14H17NO3S. The molecule has 1 saturated heterocycles. The van der Waals surface area contributed by atoms with Gasteiger partial charge >= 0.3 is 0 Å². The highest BCUT2D eigenvalue weighted by Gasteiger charge is 2.32. The minimum Gasteiger partial charge on any atom is -0.357 e. The second kappa shape index (κ2) is 5.64. The summed E-state index contributed by atoms with van der Waals surface area (Å²) in [5.41, 5.74) is 1.02. The summed E-state index contributed by atoms with van der Waals surface area (Å²) in [6.07, 6.45) is 1.06. The summed E-state index contributed by atoms with van der Waals surface area (Å²) in [6, 6.07) is 9.41. The van der Waals surface area contributed by atoms with Gasteiger partial charge in [-0.05, 0) is 38.8 Å². The zero-order chi connectivity index (χ0) is 13.9. The van der Waals surface area contributed by atoms with Crippen LogP contribution >= 0.6 is 0 Å². The molecule has 4 nitrogen and oxygen atoms in total. The molecule has 1 fully saturated rings. The molecular weight excluding hydrogens is 262 g/mol. The van der Waals surface area contributed by atoms with Crippen LogP contribution in [0.15, 0.2) is 29.2 Å². The van der Waals surface area contributed by atoms with Gasteiger partial charge in [-0.2, -0.15) is 4.31 Å². The molecule has 1 heterocycles. The molecule has 0 saturated carbocycles. The summed E-state index contributed by atoms with van der Waals surface area (Å²) in [4.78, 5) is 0.247. The van der Waals surface area contributed by atoms with Crippen LogP contribution in [0.4, 0.5) is 0 Å². The lowest BCUT2D eigenvalue weighted by Gasteiger charge is -2.23. The van der Waals surface area contributed by atoms with E-state index in [9.17, 15) is 8.42 Å². The first-order valence-corrected chi connectivity index (χ1v) is 7.65. The zero-order valence-corrected chi connectivity index (χ0v) is 11.9. The number of rotatable bonds is 3. The van der Waals surface area contributed by atoms with Crippen molar-refractivity contribution < 1.29 is 13.2 Å². The lowest BCUT2D eigenvalue weighted by atomic mass is 10.2. The summed E-state index contributed by atoms with van der Waals surface area (Å²) >= 11 is 0. The van der Waals surface area contributed by atoms with Crippen LogP contribution in [0.5, 0.6) is 0 Å². The van der Waals surface area contributed by atoms with Gasteiger partial charge in [0.15, 0.2) is 6.23 Å². The zero-order valence-electron chi connectivity index (χ0n) is 11.1. The fourth-order valence-corrected chi connectivity index (χ4v) is 3.36. The molecule has 1 aliphatic rings. The molecule has 1 atom stereocenters. The van der Waals surface area contributed by atoms with Gasteiger partial charge in [-0.15, -0.1) is 0 Å². The number of sulfonamides is 1. The Morgan fingerprint density at radius 3 is 2.53 bits per heavy atom. The van der Waals surface area contributed by atoms with Gasteiger partial charge < -0.3 is 4.74 Å². The Morgan fingerprint density at radius 2 is 2.00 bits per heavy atom. The van der Waals surface area contributed by atoms with Crippen molar-refractivity contribution in [2.45, 2.75) is 37.8 Å². The van der Waals surface area contributed by atoms with Crippen molar-refractivity contribution in [1.82, 2.24) is 4.31 Å². The van der Waals surface area contributed by atoms with Crippen molar-refractivity contribution in [2.75, 3.05) is 6.61 Å². The molecule has 0 N–H and O–H groups in total. The predicted octanol–water partition coefficient (Wildman–Crippen LogP) is 2.10. The number of nitrogens with zero attached hydrogens (tertiary/aromatic N) is 1. The first kappa shape index (κ1) is 13.9. The normalized spacial score (nSPS) is 18.7. The van der Waals surface area contributed by atoms with Crippen molar-refractivity contribution in [3.63, 3.8) is 0 Å². The van der Waals surface area contributed by atoms with Crippen molar-refractivity contribution in [3.05, 3.63) is 29.8 Å². The summed E-state index contributed by atoms with van der Waals surface area (Å²) in [7, 11) is -3.63. The SMILES string of the molecule is CC#CN(C1CCCO1)S(=O)(=O)c1ccc(C)cc1. The van der Waals surface area contributed by atoms with Gasteiger partial charge in [0, 0.05) is 12.7 Å². The predicted molar refractivity (Wildman–Crippen MR) is 72.6 cm³/mol. The average Bonchev–Trinajstić information content (AvgIpc) is 2.89.